The minimum Gasteiger partial charge on any atom is -0.491 e. The molecule has 1 N–H and O–H groups in total. The summed E-state index contributed by atoms with van der Waals surface area (Å²) >= 11 is 0. The van der Waals surface area contributed by atoms with Crippen LogP contribution < -0.4 is 10.1 Å². The molecule has 3 rings (SSSR count). The highest BCUT2D eigenvalue weighted by molar-refractivity contribution is 5.76. The Labute approximate surface area is 181 Å². The summed E-state index contributed by atoms with van der Waals surface area (Å²) in [4.78, 5) is 19.5. The van der Waals surface area contributed by atoms with Gasteiger partial charge in [0.25, 0.3) is 0 Å². The van der Waals surface area contributed by atoms with E-state index in [2.05, 4.69) is 20.0 Å². The SMILES string of the molecule is CCOc1ccc(-c2cc(NC[C@H](OC(=O)C(F)(F)F)c3ccccc3)ncn2)cc1F. The summed E-state index contributed by atoms with van der Waals surface area (Å²) in [5.74, 6) is -2.48. The van der Waals surface area contributed by atoms with E-state index < -0.39 is 24.1 Å². The quantitative estimate of drug-likeness (QED) is 0.388. The molecule has 0 spiro atoms. The molecule has 0 aliphatic rings. The molecule has 0 aliphatic heterocycles. The van der Waals surface area contributed by atoms with Crippen molar-refractivity contribution in [2.45, 2.75) is 19.2 Å². The van der Waals surface area contributed by atoms with Gasteiger partial charge in [-0.2, -0.15) is 13.2 Å². The fraction of sp³-hybridized carbons (Fsp3) is 0.227. The summed E-state index contributed by atoms with van der Waals surface area (Å²) in [5.41, 5.74) is 1.22. The molecule has 1 heterocycles. The van der Waals surface area contributed by atoms with Crippen molar-refractivity contribution in [1.29, 1.82) is 0 Å². The fourth-order valence-electron chi connectivity index (χ4n) is 2.83. The average Bonchev–Trinajstić information content (AvgIpc) is 2.78. The first-order valence-electron chi connectivity index (χ1n) is 9.59. The molecule has 32 heavy (non-hydrogen) atoms. The van der Waals surface area contributed by atoms with Crippen molar-refractivity contribution in [3.63, 3.8) is 0 Å². The lowest BCUT2D eigenvalue weighted by atomic mass is 10.1. The van der Waals surface area contributed by atoms with Crippen molar-refractivity contribution in [2.75, 3.05) is 18.5 Å². The number of carbonyl (C=O) groups excluding carboxylic acids is 1. The Morgan fingerprint density at radius 3 is 2.50 bits per heavy atom. The number of esters is 1. The number of hydrogen-bond donors (Lipinski definition) is 1. The number of halogens is 4. The maximum Gasteiger partial charge on any atom is 0.490 e. The highest BCUT2D eigenvalue weighted by atomic mass is 19.4. The molecule has 0 aliphatic carbocycles. The zero-order valence-corrected chi connectivity index (χ0v) is 16.9. The van der Waals surface area contributed by atoms with Crippen LogP contribution in [0.3, 0.4) is 0 Å². The average molecular weight is 449 g/mol. The topological polar surface area (TPSA) is 73.3 Å². The molecule has 0 amide bonds. The van der Waals surface area contributed by atoms with Crippen LogP contribution in [0.1, 0.15) is 18.6 Å². The second-order valence-corrected chi connectivity index (χ2v) is 6.55. The summed E-state index contributed by atoms with van der Waals surface area (Å²) in [6.45, 7) is 1.88. The second kappa shape index (κ2) is 10.1. The molecule has 1 atom stereocenters. The van der Waals surface area contributed by atoms with Gasteiger partial charge < -0.3 is 14.8 Å². The van der Waals surface area contributed by atoms with Crippen LogP contribution in [0, 0.1) is 5.82 Å². The molecular formula is C22H19F4N3O3. The normalized spacial score (nSPS) is 12.2. The Morgan fingerprint density at radius 1 is 1.09 bits per heavy atom. The predicted molar refractivity (Wildman–Crippen MR) is 108 cm³/mol. The van der Waals surface area contributed by atoms with E-state index in [4.69, 9.17) is 4.74 Å². The summed E-state index contributed by atoms with van der Waals surface area (Å²) in [7, 11) is 0. The molecule has 0 radical (unpaired) electrons. The molecule has 10 heteroatoms. The minimum atomic E-state index is -5.12. The van der Waals surface area contributed by atoms with E-state index in [1.807, 2.05) is 0 Å². The Morgan fingerprint density at radius 2 is 1.84 bits per heavy atom. The lowest BCUT2D eigenvalue weighted by Crippen LogP contribution is -2.29. The minimum absolute atomic E-state index is 0.112. The van der Waals surface area contributed by atoms with Gasteiger partial charge in [-0.25, -0.2) is 19.2 Å². The number of aromatic nitrogens is 2. The van der Waals surface area contributed by atoms with Gasteiger partial charge in [-0.05, 0) is 30.7 Å². The second-order valence-electron chi connectivity index (χ2n) is 6.55. The molecule has 0 fully saturated rings. The molecule has 0 saturated heterocycles. The van der Waals surface area contributed by atoms with Crippen LogP contribution in [0.25, 0.3) is 11.3 Å². The predicted octanol–water partition coefficient (Wildman–Crippen LogP) is 4.94. The third-order valence-electron chi connectivity index (χ3n) is 4.32. The van der Waals surface area contributed by atoms with Crippen LogP contribution in [0.2, 0.25) is 0 Å². The maximum atomic E-state index is 14.2. The standard InChI is InChI=1S/C22H19F4N3O3/c1-2-31-18-9-8-15(10-16(18)23)17-11-20(29-13-28-17)27-12-19(14-6-4-3-5-7-14)32-21(30)22(24,25)26/h3-11,13,19H,2,12H2,1H3,(H,27,28,29)/t19-/m0/s1. The smallest absolute Gasteiger partial charge is 0.490 e. The monoisotopic (exact) mass is 449 g/mol. The highest BCUT2D eigenvalue weighted by Crippen LogP contribution is 2.27. The van der Waals surface area contributed by atoms with E-state index in [1.165, 1.54) is 24.5 Å². The summed E-state index contributed by atoms with van der Waals surface area (Å²) < 4.78 is 62.0. The first-order valence-corrected chi connectivity index (χ1v) is 9.59. The number of carbonyl (C=O) groups is 1. The summed E-state index contributed by atoms with van der Waals surface area (Å²) in [6, 6.07) is 13.9. The Kier molecular flexibility index (Phi) is 7.24. The lowest BCUT2D eigenvalue weighted by molar-refractivity contribution is -0.204. The molecule has 2 aromatic carbocycles. The third kappa shape index (κ3) is 5.93. The summed E-state index contributed by atoms with van der Waals surface area (Å²) in [6.07, 6.45) is -5.11. The maximum absolute atomic E-state index is 14.2. The number of rotatable bonds is 8. The van der Waals surface area contributed by atoms with Crippen LogP contribution in [-0.2, 0) is 9.53 Å². The van der Waals surface area contributed by atoms with Gasteiger partial charge >= 0.3 is 12.1 Å². The van der Waals surface area contributed by atoms with Gasteiger partial charge in [0, 0.05) is 11.6 Å². The van der Waals surface area contributed by atoms with Crippen LogP contribution >= 0.6 is 0 Å². The number of anilines is 1. The summed E-state index contributed by atoms with van der Waals surface area (Å²) in [5, 5.41) is 2.84. The van der Waals surface area contributed by atoms with Crippen molar-refractivity contribution < 1.29 is 31.8 Å². The number of benzene rings is 2. The first kappa shape index (κ1) is 23.0. The highest BCUT2D eigenvalue weighted by Gasteiger charge is 2.42. The first-order chi connectivity index (χ1) is 15.3. The molecule has 1 aromatic heterocycles. The van der Waals surface area contributed by atoms with Crippen molar-refractivity contribution in [3.05, 3.63) is 72.3 Å². The van der Waals surface area contributed by atoms with Gasteiger partial charge in [-0.3, -0.25) is 0 Å². The van der Waals surface area contributed by atoms with Crippen molar-refractivity contribution in [1.82, 2.24) is 9.97 Å². The van der Waals surface area contributed by atoms with Crippen LogP contribution in [0.5, 0.6) is 5.75 Å². The van der Waals surface area contributed by atoms with E-state index in [9.17, 15) is 22.4 Å². The van der Waals surface area contributed by atoms with Gasteiger partial charge in [0.15, 0.2) is 11.6 Å². The Bertz CT molecular complexity index is 1060. The zero-order valence-electron chi connectivity index (χ0n) is 16.9. The number of nitrogens with zero attached hydrogens (tertiary/aromatic N) is 2. The molecule has 168 valence electrons. The molecule has 0 unspecified atom stereocenters. The largest absolute Gasteiger partial charge is 0.491 e. The van der Waals surface area contributed by atoms with E-state index in [1.54, 1.807) is 43.3 Å². The Balaban J connectivity index is 1.77. The number of ether oxygens (including phenoxy) is 2. The van der Waals surface area contributed by atoms with E-state index in [0.29, 0.717) is 23.4 Å². The van der Waals surface area contributed by atoms with E-state index >= 15 is 0 Å². The Hall–Kier alpha value is -3.69. The van der Waals surface area contributed by atoms with E-state index in [0.717, 1.165) is 0 Å². The van der Waals surface area contributed by atoms with Crippen molar-refractivity contribution >= 4 is 11.8 Å². The van der Waals surface area contributed by atoms with E-state index in [-0.39, 0.29) is 18.1 Å². The number of alkyl halides is 3. The van der Waals surface area contributed by atoms with Crippen LogP contribution in [0.15, 0.2) is 60.9 Å². The molecule has 6 nitrogen and oxygen atoms in total. The van der Waals surface area contributed by atoms with Crippen LogP contribution in [0.4, 0.5) is 23.4 Å². The molecule has 3 aromatic rings. The zero-order chi connectivity index (χ0) is 23.1. The van der Waals surface area contributed by atoms with Crippen LogP contribution in [-0.4, -0.2) is 35.3 Å². The number of hydrogen-bond acceptors (Lipinski definition) is 6. The third-order valence-corrected chi connectivity index (χ3v) is 4.32. The molecular weight excluding hydrogens is 430 g/mol. The van der Waals surface area contributed by atoms with Gasteiger partial charge in [0.2, 0.25) is 0 Å². The van der Waals surface area contributed by atoms with Crippen molar-refractivity contribution in [2.24, 2.45) is 0 Å². The molecule has 0 saturated carbocycles. The van der Waals surface area contributed by atoms with Gasteiger partial charge in [-0.15, -0.1) is 0 Å². The molecule has 0 bridgehead atoms. The number of nitrogens with one attached hydrogen (secondary N) is 1. The lowest BCUT2D eigenvalue weighted by Gasteiger charge is -2.20. The van der Waals surface area contributed by atoms with Gasteiger partial charge in [0.1, 0.15) is 18.2 Å². The fourth-order valence-corrected chi connectivity index (χ4v) is 2.83. The van der Waals surface area contributed by atoms with Crippen molar-refractivity contribution in [3.8, 4) is 17.0 Å². The van der Waals surface area contributed by atoms with Gasteiger partial charge in [0.05, 0.1) is 18.8 Å². The van der Waals surface area contributed by atoms with Gasteiger partial charge in [-0.1, -0.05) is 30.3 Å².